The Morgan fingerprint density at radius 2 is 1.49 bits per heavy atom. The lowest BCUT2D eigenvalue weighted by Crippen LogP contribution is -2.51. The Balaban J connectivity index is 2.06. The van der Waals surface area contributed by atoms with Crippen molar-refractivity contribution in [2.45, 2.75) is 65.4 Å². The molecule has 0 aromatic heterocycles. The summed E-state index contributed by atoms with van der Waals surface area (Å²) in [5, 5.41) is 2.86. The molecule has 0 heterocycles. The van der Waals surface area contributed by atoms with Crippen LogP contribution in [-0.4, -0.2) is 44.3 Å². The highest BCUT2D eigenvalue weighted by molar-refractivity contribution is 7.92. The number of carbonyl (C=O) groups excluding carboxylic acids is 2. The van der Waals surface area contributed by atoms with Crippen LogP contribution in [0.2, 0.25) is 0 Å². The lowest BCUT2D eigenvalue weighted by molar-refractivity contribution is -0.139. The normalized spacial score (nSPS) is 12.1. The predicted molar refractivity (Wildman–Crippen MR) is 156 cm³/mol. The van der Waals surface area contributed by atoms with Gasteiger partial charge in [0.1, 0.15) is 12.6 Å². The van der Waals surface area contributed by atoms with E-state index in [2.05, 4.69) is 5.32 Å². The highest BCUT2D eigenvalue weighted by atomic mass is 32.2. The maximum atomic E-state index is 14.0. The summed E-state index contributed by atoms with van der Waals surface area (Å²) in [6.07, 6.45) is 0.763. The van der Waals surface area contributed by atoms with Gasteiger partial charge in [-0.05, 0) is 87.6 Å². The van der Waals surface area contributed by atoms with Crippen molar-refractivity contribution in [1.82, 2.24) is 10.2 Å². The minimum absolute atomic E-state index is 0.0965. The van der Waals surface area contributed by atoms with Crippen LogP contribution >= 0.6 is 0 Å². The van der Waals surface area contributed by atoms with Gasteiger partial charge in [-0.15, -0.1) is 0 Å². The maximum Gasteiger partial charge on any atom is 0.264 e. The third-order valence-corrected chi connectivity index (χ3v) is 8.49. The van der Waals surface area contributed by atoms with E-state index in [1.165, 1.54) is 4.90 Å². The number of aryl methyl sites for hydroxylation is 4. The molecule has 1 N–H and O–H groups in total. The topological polar surface area (TPSA) is 86.8 Å². The van der Waals surface area contributed by atoms with Gasteiger partial charge in [0.25, 0.3) is 10.0 Å². The lowest BCUT2D eigenvalue weighted by atomic mass is 10.1. The van der Waals surface area contributed by atoms with Gasteiger partial charge in [0.2, 0.25) is 11.8 Å². The van der Waals surface area contributed by atoms with Gasteiger partial charge >= 0.3 is 0 Å². The molecule has 3 aromatic carbocycles. The molecule has 0 saturated carbocycles. The molecule has 3 aromatic rings. The molecule has 7 nitrogen and oxygen atoms in total. The first-order valence-electron chi connectivity index (χ1n) is 13.2. The Morgan fingerprint density at radius 3 is 2.08 bits per heavy atom. The molecule has 2 amide bonds. The molecule has 1 atom stereocenters. The molecule has 0 unspecified atom stereocenters. The Hall–Kier alpha value is -3.65. The third-order valence-electron chi connectivity index (χ3n) is 6.70. The van der Waals surface area contributed by atoms with Gasteiger partial charge in [0.05, 0.1) is 10.6 Å². The van der Waals surface area contributed by atoms with Crippen LogP contribution in [0.4, 0.5) is 5.69 Å². The summed E-state index contributed by atoms with van der Waals surface area (Å²) < 4.78 is 29.1. The van der Waals surface area contributed by atoms with Crippen molar-refractivity contribution in [1.29, 1.82) is 0 Å². The first-order chi connectivity index (χ1) is 18.4. The van der Waals surface area contributed by atoms with Gasteiger partial charge in [0, 0.05) is 13.1 Å². The summed E-state index contributed by atoms with van der Waals surface area (Å²) >= 11 is 0. The fraction of sp³-hybridized carbons (Fsp3) is 0.355. The Morgan fingerprint density at radius 1 is 0.872 bits per heavy atom. The standard InChI is InChI=1S/C31H39N3O4S/c1-7-16-32-31(36)26(6)33(20-27-11-9-8-10-25(27)5)30(35)21-34(28-18-23(3)17-24(4)19-28)39(37,38)29-14-12-22(2)13-15-29/h8-15,17-19,26H,7,16,20-21H2,1-6H3,(H,32,36)/t26-/m1/s1. The molecular formula is C31H39N3O4S. The molecule has 0 bridgehead atoms. The summed E-state index contributed by atoms with van der Waals surface area (Å²) in [6, 6.07) is 18.9. The van der Waals surface area contributed by atoms with Gasteiger partial charge in [-0.2, -0.15) is 0 Å². The molecule has 0 spiro atoms. The number of amides is 2. The number of anilines is 1. The van der Waals surface area contributed by atoms with Crippen molar-refractivity contribution < 1.29 is 18.0 Å². The third kappa shape index (κ3) is 7.47. The van der Waals surface area contributed by atoms with E-state index in [9.17, 15) is 18.0 Å². The summed E-state index contributed by atoms with van der Waals surface area (Å²) in [5.41, 5.74) is 4.96. The minimum Gasteiger partial charge on any atom is -0.354 e. The van der Waals surface area contributed by atoms with Crippen LogP contribution in [0, 0.1) is 27.7 Å². The number of carbonyl (C=O) groups is 2. The number of sulfonamides is 1. The van der Waals surface area contributed by atoms with E-state index in [1.54, 1.807) is 43.3 Å². The summed E-state index contributed by atoms with van der Waals surface area (Å²) in [7, 11) is -4.09. The van der Waals surface area contributed by atoms with Gasteiger partial charge in [-0.3, -0.25) is 13.9 Å². The molecule has 0 aliphatic carbocycles. The average Bonchev–Trinajstić information content (AvgIpc) is 2.89. The first-order valence-corrected chi connectivity index (χ1v) is 14.7. The van der Waals surface area contributed by atoms with Gasteiger partial charge < -0.3 is 10.2 Å². The van der Waals surface area contributed by atoms with Crippen LogP contribution < -0.4 is 9.62 Å². The van der Waals surface area contributed by atoms with E-state index in [-0.39, 0.29) is 17.3 Å². The Bertz CT molecular complexity index is 1400. The second-order valence-corrected chi connectivity index (χ2v) is 11.9. The van der Waals surface area contributed by atoms with E-state index in [4.69, 9.17) is 0 Å². The first kappa shape index (κ1) is 29.9. The van der Waals surface area contributed by atoms with Crippen LogP contribution in [0.5, 0.6) is 0 Å². The number of nitrogens with zero attached hydrogens (tertiary/aromatic N) is 2. The van der Waals surface area contributed by atoms with Crippen molar-refractivity contribution in [2.75, 3.05) is 17.4 Å². The molecular weight excluding hydrogens is 510 g/mol. The van der Waals surface area contributed by atoms with Crippen LogP contribution in [0.3, 0.4) is 0 Å². The quantitative estimate of drug-likeness (QED) is 0.362. The van der Waals surface area contributed by atoms with Crippen LogP contribution in [-0.2, 0) is 26.2 Å². The van der Waals surface area contributed by atoms with Gasteiger partial charge in [0.15, 0.2) is 0 Å². The average molecular weight is 550 g/mol. The number of rotatable bonds is 11. The molecule has 0 aliphatic rings. The van der Waals surface area contributed by atoms with E-state index >= 15 is 0 Å². The molecule has 0 radical (unpaired) electrons. The van der Waals surface area contributed by atoms with Crippen LogP contribution in [0.25, 0.3) is 0 Å². The van der Waals surface area contributed by atoms with Gasteiger partial charge in [-0.1, -0.05) is 55.0 Å². The molecule has 8 heteroatoms. The monoisotopic (exact) mass is 549 g/mol. The number of benzene rings is 3. The number of hydrogen-bond acceptors (Lipinski definition) is 4. The zero-order valence-corrected chi connectivity index (χ0v) is 24.5. The largest absolute Gasteiger partial charge is 0.354 e. The SMILES string of the molecule is CCCNC(=O)[C@@H](C)N(Cc1ccccc1C)C(=O)CN(c1cc(C)cc(C)c1)S(=O)(=O)c1ccc(C)cc1. The smallest absolute Gasteiger partial charge is 0.264 e. The van der Waals surface area contributed by atoms with Gasteiger partial charge in [-0.25, -0.2) is 8.42 Å². The molecule has 0 aliphatic heterocycles. The second kappa shape index (κ2) is 12.9. The predicted octanol–water partition coefficient (Wildman–Crippen LogP) is 5.06. The van der Waals surface area contributed by atoms with Crippen molar-refractivity contribution in [3.63, 3.8) is 0 Å². The van der Waals surface area contributed by atoms with Crippen molar-refractivity contribution in [3.05, 3.63) is 94.5 Å². The number of hydrogen-bond donors (Lipinski definition) is 1. The molecule has 0 saturated heterocycles. The van der Waals surface area contributed by atoms with Crippen molar-refractivity contribution in [2.24, 2.45) is 0 Å². The van der Waals surface area contributed by atoms with Crippen LogP contribution in [0.15, 0.2) is 71.6 Å². The lowest BCUT2D eigenvalue weighted by Gasteiger charge is -2.32. The molecule has 39 heavy (non-hydrogen) atoms. The highest BCUT2D eigenvalue weighted by Gasteiger charge is 2.32. The molecule has 3 rings (SSSR count). The number of nitrogens with one attached hydrogen (secondary N) is 1. The molecule has 0 fully saturated rings. The maximum absolute atomic E-state index is 14.0. The highest BCUT2D eigenvalue weighted by Crippen LogP contribution is 2.27. The van der Waals surface area contributed by atoms with Crippen LogP contribution in [0.1, 0.15) is 48.1 Å². The van der Waals surface area contributed by atoms with Crippen molar-refractivity contribution >= 4 is 27.5 Å². The summed E-state index contributed by atoms with van der Waals surface area (Å²) in [6.45, 7) is 11.5. The van der Waals surface area contributed by atoms with Crippen molar-refractivity contribution in [3.8, 4) is 0 Å². The second-order valence-electron chi connectivity index (χ2n) is 10.1. The van der Waals surface area contributed by atoms with E-state index in [0.29, 0.717) is 12.2 Å². The summed E-state index contributed by atoms with van der Waals surface area (Å²) in [5.74, 6) is -0.745. The Labute approximate surface area is 232 Å². The molecule has 208 valence electrons. The fourth-order valence-electron chi connectivity index (χ4n) is 4.41. The van der Waals surface area contributed by atoms with E-state index in [1.807, 2.05) is 65.0 Å². The zero-order chi connectivity index (χ0) is 28.7. The van der Waals surface area contributed by atoms with E-state index in [0.717, 1.165) is 38.5 Å². The fourth-order valence-corrected chi connectivity index (χ4v) is 5.81. The summed E-state index contributed by atoms with van der Waals surface area (Å²) in [4.78, 5) is 28.5. The van der Waals surface area contributed by atoms with E-state index < -0.39 is 28.5 Å². The Kier molecular flexibility index (Phi) is 9.92. The minimum atomic E-state index is -4.09. The zero-order valence-electron chi connectivity index (χ0n) is 23.7.